The molecule has 0 fully saturated rings. The molecule has 26 heavy (non-hydrogen) atoms. The second-order valence-corrected chi connectivity index (χ2v) is 6.30. The third-order valence-corrected chi connectivity index (χ3v) is 4.46. The monoisotopic (exact) mass is 371 g/mol. The van der Waals surface area contributed by atoms with E-state index in [0.717, 1.165) is 5.56 Å². The maximum absolute atomic E-state index is 12.3. The zero-order valence-corrected chi connectivity index (χ0v) is 15.3. The smallest absolute Gasteiger partial charge is 0.263 e. The summed E-state index contributed by atoms with van der Waals surface area (Å²) in [6, 6.07) is 8.55. The number of anilines is 1. The fourth-order valence-corrected chi connectivity index (χ4v) is 3.09. The second kappa shape index (κ2) is 7.40. The van der Waals surface area contributed by atoms with Crippen LogP contribution >= 0.6 is 11.3 Å². The molecular formula is C18H17N3O4S. The molecule has 7 nitrogen and oxygen atoms in total. The summed E-state index contributed by atoms with van der Waals surface area (Å²) in [6.45, 7) is 1.75. The van der Waals surface area contributed by atoms with Crippen molar-refractivity contribution in [3.05, 3.63) is 57.3 Å². The lowest BCUT2D eigenvalue weighted by molar-refractivity contribution is 0.102. The van der Waals surface area contributed by atoms with Crippen LogP contribution in [-0.2, 0) is 0 Å². The van der Waals surface area contributed by atoms with Gasteiger partial charge in [-0.3, -0.25) is 14.9 Å². The first kappa shape index (κ1) is 17.7. The van der Waals surface area contributed by atoms with Crippen LogP contribution in [0.4, 0.5) is 5.13 Å². The van der Waals surface area contributed by atoms with Gasteiger partial charge in [-0.15, -0.1) is 11.3 Å². The summed E-state index contributed by atoms with van der Waals surface area (Å²) in [5.41, 5.74) is 1.67. The maximum Gasteiger partial charge on any atom is 0.263 e. The van der Waals surface area contributed by atoms with E-state index in [0.29, 0.717) is 28.0 Å². The third kappa shape index (κ3) is 3.60. The maximum atomic E-state index is 12.3. The number of amides is 1. The molecule has 0 atom stereocenters. The fourth-order valence-electron chi connectivity index (χ4n) is 2.38. The van der Waals surface area contributed by atoms with E-state index in [1.807, 2.05) is 6.07 Å². The number of methoxy groups -OCH3 is 2. The number of carbonyl (C=O) groups is 1. The molecule has 0 aliphatic carbocycles. The van der Waals surface area contributed by atoms with Crippen molar-refractivity contribution in [2.24, 2.45) is 0 Å². The Hall–Kier alpha value is -3.13. The van der Waals surface area contributed by atoms with Crippen LogP contribution in [0.1, 0.15) is 16.1 Å². The van der Waals surface area contributed by atoms with Crippen molar-refractivity contribution in [1.29, 1.82) is 0 Å². The number of aromatic nitrogens is 2. The summed E-state index contributed by atoms with van der Waals surface area (Å²) in [5.74, 6) is 0.805. The Kier molecular flexibility index (Phi) is 5.04. The average Bonchev–Trinajstić information content (AvgIpc) is 3.09. The molecule has 0 radical (unpaired) electrons. The quantitative estimate of drug-likeness (QED) is 0.719. The number of thiazole rings is 1. The summed E-state index contributed by atoms with van der Waals surface area (Å²) in [6.07, 6.45) is 0. The Morgan fingerprint density at radius 1 is 1.19 bits per heavy atom. The molecular weight excluding hydrogens is 354 g/mol. The Labute approximate surface area is 153 Å². The van der Waals surface area contributed by atoms with E-state index in [9.17, 15) is 9.59 Å². The number of hydrogen-bond acceptors (Lipinski definition) is 6. The number of aromatic amines is 1. The van der Waals surface area contributed by atoms with Gasteiger partial charge in [0.1, 0.15) is 17.1 Å². The number of benzene rings is 1. The SMILES string of the molecule is COc1ccc(OC)c(-c2csc(NC(=O)c3ccc(C)[nH]c3=O)n2)c1. The first-order valence-corrected chi connectivity index (χ1v) is 8.59. The van der Waals surface area contributed by atoms with E-state index in [1.165, 1.54) is 17.4 Å². The van der Waals surface area contributed by atoms with Gasteiger partial charge in [-0.1, -0.05) is 0 Å². The number of carbonyl (C=O) groups excluding carboxylic acids is 1. The largest absolute Gasteiger partial charge is 0.497 e. The van der Waals surface area contributed by atoms with Crippen molar-refractivity contribution in [3.63, 3.8) is 0 Å². The van der Waals surface area contributed by atoms with Crippen molar-refractivity contribution in [1.82, 2.24) is 9.97 Å². The molecule has 0 spiro atoms. The zero-order valence-electron chi connectivity index (χ0n) is 14.5. The zero-order chi connectivity index (χ0) is 18.7. The van der Waals surface area contributed by atoms with E-state index in [4.69, 9.17) is 9.47 Å². The summed E-state index contributed by atoms with van der Waals surface area (Å²) >= 11 is 1.26. The summed E-state index contributed by atoms with van der Waals surface area (Å²) in [5, 5.41) is 4.83. The Balaban J connectivity index is 1.86. The molecule has 2 heterocycles. The molecule has 0 aliphatic heterocycles. The average molecular weight is 371 g/mol. The highest BCUT2D eigenvalue weighted by atomic mass is 32.1. The van der Waals surface area contributed by atoms with Crippen LogP contribution in [0.15, 0.2) is 40.5 Å². The predicted octanol–water partition coefficient (Wildman–Crippen LogP) is 3.08. The standard InChI is InChI=1S/C18H17N3O4S/c1-10-4-6-12(16(22)19-10)17(23)21-18-20-14(9-26-18)13-8-11(24-2)5-7-15(13)25-3/h4-9H,1-3H3,(H,19,22)(H,20,21,23). The summed E-state index contributed by atoms with van der Waals surface area (Å²) in [7, 11) is 3.15. The van der Waals surface area contributed by atoms with E-state index >= 15 is 0 Å². The first-order valence-electron chi connectivity index (χ1n) is 7.71. The van der Waals surface area contributed by atoms with E-state index < -0.39 is 11.5 Å². The molecule has 0 bridgehead atoms. The second-order valence-electron chi connectivity index (χ2n) is 5.44. The van der Waals surface area contributed by atoms with Crippen LogP contribution in [0, 0.1) is 6.92 Å². The highest BCUT2D eigenvalue weighted by Crippen LogP contribution is 2.35. The Bertz CT molecular complexity index is 1010. The van der Waals surface area contributed by atoms with E-state index in [-0.39, 0.29) is 5.56 Å². The highest BCUT2D eigenvalue weighted by Gasteiger charge is 2.15. The van der Waals surface area contributed by atoms with Crippen LogP contribution < -0.4 is 20.3 Å². The summed E-state index contributed by atoms with van der Waals surface area (Å²) < 4.78 is 10.6. The highest BCUT2D eigenvalue weighted by molar-refractivity contribution is 7.14. The van der Waals surface area contributed by atoms with Crippen LogP contribution in [0.2, 0.25) is 0 Å². The van der Waals surface area contributed by atoms with Crippen LogP contribution in [-0.4, -0.2) is 30.1 Å². The number of nitrogens with zero attached hydrogens (tertiary/aromatic N) is 1. The molecule has 2 aromatic heterocycles. The number of rotatable bonds is 5. The molecule has 8 heteroatoms. The first-order chi connectivity index (χ1) is 12.5. The minimum Gasteiger partial charge on any atom is -0.497 e. The number of nitrogens with one attached hydrogen (secondary N) is 2. The van der Waals surface area contributed by atoms with Gasteiger partial charge in [-0.25, -0.2) is 4.98 Å². The van der Waals surface area contributed by atoms with Gasteiger partial charge >= 0.3 is 0 Å². The van der Waals surface area contributed by atoms with Crippen molar-refractivity contribution < 1.29 is 14.3 Å². The van der Waals surface area contributed by atoms with Gasteiger partial charge in [-0.2, -0.15) is 0 Å². The molecule has 0 saturated carbocycles. The van der Waals surface area contributed by atoms with Crippen molar-refractivity contribution in [2.45, 2.75) is 6.92 Å². The molecule has 1 aromatic carbocycles. The lowest BCUT2D eigenvalue weighted by Crippen LogP contribution is -2.23. The van der Waals surface area contributed by atoms with Crippen molar-refractivity contribution in [3.8, 4) is 22.8 Å². The van der Waals surface area contributed by atoms with Gasteiger partial charge in [0, 0.05) is 16.6 Å². The number of aryl methyl sites for hydroxylation is 1. The lowest BCUT2D eigenvalue weighted by Gasteiger charge is -2.08. The normalized spacial score (nSPS) is 10.4. The number of hydrogen-bond donors (Lipinski definition) is 2. The molecule has 0 aliphatic rings. The summed E-state index contributed by atoms with van der Waals surface area (Å²) in [4.78, 5) is 31.2. The Morgan fingerprint density at radius 3 is 2.69 bits per heavy atom. The molecule has 3 aromatic rings. The van der Waals surface area contributed by atoms with Gasteiger partial charge in [0.2, 0.25) is 0 Å². The number of H-pyrrole nitrogens is 1. The molecule has 2 N–H and O–H groups in total. The molecule has 134 valence electrons. The van der Waals surface area contributed by atoms with Gasteiger partial charge in [0.05, 0.1) is 19.9 Å². The van der Waals surface area contributed by atoms with E-state index in [2.05, 4.69) is 15.3 Å². The predicted molar refractivity (Wildman–Crippen MR) is 100 cm³/mol. The van der Waals surface area contributed by atoms with Crippen LogP contribution in [0.3, 0.4) is 0 Å². The van der Waals surface area contributed by atoms with Gasteiger partial charge in [0.25, 0.3) is 11.5 Å². The van der Waals surface area contributed by atoms with Crippen molar-refractivity contribution in [2.75, 3.05) is 19.5 Å². The van der Waals surface area contributed by atoms with Gasteiger partial charge < -0.3 is 14.5 Å². The molecule has 0 saturated heterocycles. The third-order valence-electron chi connectivity index (χ3n) is 3.71. The minimum absolute atomic E-state index is 0.0336. The Morgan fingerprint density at radius 2 is 2.00 bits per heavy atom. The van der Waals surface area contributed by atoms with Gasteiger partial charge in [-0.05, 0) is 37.3 Å². The fraction of sp³-hybridized carbons (Fsp3) is 0.167. The minimum atomic E-state index is -0.509. The van der Waals surface area contributed by atoms with Crippen LogP contribution in [0.25, 0.3) is 11.3 Å². The number of ether oxygens (including phenoxy) is 2. The lowest BCUT2D eigenvalue weighted by atomic mass is 10.1. The number of pyridine rings is 1. The van der Waals surface area contributed by atoms with E-state index in [1.54, 1.807) is 44.7 Å². The van der Waals surface area contributed by atoms with Crippen LogP contribution in [0.5, 0.6) is 11.5 Å². The van der Waals surface area contributed by atoms with Gasteiger partial charge in [0.15, 0.2) is 5.13 Å². The molecule has 0 unspecified atom stereocenters. The molecule has 1 amide bonds. The van der Waals surface area contributed by atoms with Crippen molar-refractivity contribution >= 4 is 22.4 Å². The topological polar surface area (TPSA) is 93.3 Å². The molecule has 3 rings (SSSR count).